The van der Waals surface area contributed by atoms with Gasteiger partial charge in [-0.05, 0) is 42.8 Å². The monoisotopic (exact) mass is 494 g/mol. The van der Waals surface area contributed by atoms with Crippen LogP contribution >= 0.6 is 15.9 Å². The molecule has 0 atom stereocenters. The molecule has 0 aliphatic carbocycles. The second kappa shape index (κ2) is 9.36. The van der Waals surface area contributed by atoms with E-state index in [2.05, 4.69) is 21.2 Å². The maximum atomic E-state index is 14.0. The number of aryl methyl sites for hydroxylation is 1. The van der Waals surface area contributed by atoms with E-state index in [-0.39, 0.29) is 17.8 Å². The fourth-order valence-corrected chi connectivity index (χ4v) is 3.77. The zero-order valence-corrected chi connectivity index (χ0v) is 18.9. The molecule has 7 heteroatoms. The van der Waals surface area contributed by atoms with E-state index in [9.17, 15) is 14.0 Å². The van der Waals surface area contributed by atoms with Gasteiger partial charge in [-0.2, -0.15) is 0 Å². The van der Waals surface area contributed by atoms with Crippen molar-refractivity contribution in [2.75, 3.05) is 0 Å². The summed E-state index contributed by atoms with van der Waals surface area (Å²) in [6, 6.07) is 18.9. The summed E-state index contributed by atoms with van der Waals surface area (Å²) < 4.78 is 20.8. The Kier molecular flexibility index (Phi) is 6.37. The quantitative estimate of drug-likeness (QED) is 0.360. The number of urea groups is 1. The molecule has 1 N–H and O–H groups in total. The largest absolute Gasteiger partial charge is 0.488 e. The summed E-state index contributed by atoms with van der Waals surface area (Å²) in [5.41, 5.74) is 3.15. The van der Waals surface area contributed by atoms with E-state index in [0.29, 0.717) is 17.9 Å². The number of carbonyl (C=O) groups is 2. The molecule has 3 aromatic rings. The van der Waals surface area contributed by atoms with Crippen molar-refractivity contribution in [3.8, 4) is 5.75 Å². The molecule has 0 radical (unpaired) electrons. The van der Waals surface area contributed by atoms with Crippen LogP contribution in [-0.2, 0) is 17.9 Å². The standard InChI is InChI=1S/C25H20BrFN2O3/c1-16-5-4-6-17(11-16)15-32-23-10-9-20(26)12-19(23)13-22-24(30)29(25(31)28-22)14-18-7-2-3-8-21(18)27/h2-13H,14-15H2,1H3,(H,28,31)/b22-13+. The summed E-state index contributed by atoms with van der Waals surface area (Å²) in [4.78, 5) is 26.2. The van der Waals surface area contributed by atoms with Crippen LogP contribution in [0.15, 0.2) is 76.9 Å². The zero-order chi connectivity index (χ0) is 22.7. The van der Waals surface area contributed by atoms with Gasteiger partial charge in [-0.15, -0.1) is 0 Å². The molecule has 3 amide bonds. The SMILES string of the molecule is Cc1cccc(COc2ccc(Br)cc2/C=C2/NC(=O)N(Cc3ccccc3F)C2=O)c1. The second-order valence-corrected chi connectivity index (χ2v) is 8.35. The van der Waals surface area contributed by atoms with E-state index >= 15 is 0 Å². The van der Waals surface area contributed by atoms with Crippen molar-refractivity contribution in [3.63, 3.8) is 0 Å². The first-order valence-corrected chi connectivity index (χ1v) is 10.8. The minimum atomic E-state index is -0.596. The van der Waals surface area contributed by atoms with Gasteiger partial charge in [0.2, 0.25) is 0 Å². The summed E-state index contributed by atoms with van der Waals surface area (Å²) in [6.45, 7) is 2.23. The number of hydrogen-bond donors (Lipinski definition) is 1. The molecule has 0 aromatic heterocycles. The Morgan fingerprint density at radius 2 is 1.88 bits per heavy atom. The highest BCUT2D eigenvalue weighted by Gasteiger charge is 2.34. The van der Waals surface area contributed by atoms with E-state index in [1.807, 2.05) is 37.3 Å². The van der Waals surface area contributed by atoms with E-state index < -0.39 is 17.8 Å². The van der Waals surface area contributed by atoms with Gasteiger partial charge >= 0.3 is 6.03 Å². The molecule has 1 saturated heterocycles. The average molecular weight is 495 g/mol. The highest BCUT2D eigenvalue weighted by atomic mass is 79.9. The lowest BCUT2D eigenvalue weighted by molar-refractivity contribution is -0.123. The van der Waals surface area contributed by atoms with Gasteiger partial charge in [0, 0.05) is 15.6 Å². The van der Waals surface area contributed by atoms with E-state index in [0.717, 1.165) is 20.5 Å². The van der Waals surface area contributed by atoms with Crippen LogP contribution in [0.3, 0.4) is 0 Å². The van der Waals surface area contributed by atoms with Crippen molar-refractivity contribution in [3.05, 3.63) is 105 Å². The molecule has 0 spiro atoms. The van der Waals surface area contributed by atoms with Gasteiger partial charge in [0.05, 0.1) is 6.54 Å². The van der Waals surface area contributed by atoms with Gasteiger partial charge < -0.3 is 10.1 Å². The normalized spacial score (nSPS) is 14.7. The van der Waals surface area contributed by atoms with Crippen molar-refractivity contribution >= 4 is 33.9 Å². The predicted molar refractivity (Wildman–Crippen MR) is 123 cm³/mol. The van der Waals surface area contributed by atoms with Crippen LogP contribution < -0.4 is 10.1 Å². The van der Waals surface area contributed by atoms with Crippen molar-refractivity contribution in [1.29, 1.82) is 0 Å². The molecule has 0 bridgehead atoms. The van der Waals surface area contributed by atoms with E-state index in [4.69, 9.17) is 4.74 Å². The second-order valence-electron chi connectivity index (χ2n) is 7.43. The van der Waals surface area contributed by atoms with Crippen molar-refractivity contribution in [1.82, 2.24) is 10.2 Å². The molecule has 3 aromatic carbocycles. The van der Waals surface area contributed by atoms with Crippen molar-refractivity contribution in [2.45, 2.75) is 20.1 Å². The number of hydrogen-bond acceptors (Lipinski definition) is 3. The number of rotatable bonds is 6. The lowest BCUT2D eigenvalue weighted by atomic mass is 10.1. The number of carbonyl (C=O) groups excluding carboxylic acids is 2. The number of halogens is 2. The summed E-state index contributed by atoms with van der Waals surface area (Å²) >= 11 is 3.43. The van der Waals surface area contributed by atoms with Crippen LogP contribution in [0, 0.1) is 12.7 Å². The Bertz CT molecular complexity index is 1230. The topological polar surface area (TPSA) is 58.6 Å². The molecule has 0 unspecified atom stereocenters. The lowest BCUT2D eigenvalue weighted by Gasteiger charge is -2.12. The molecule has 1 aliphatic rings. The lowest BCUT2D eigenvalue weighted by Crippen LogP contribution is -2.30. The van der Waals surface area contributed by atoms with Gasteiger partial charge in [-0.1, -0.05) is 64.0 Å². The number of imide groups is 1. The predicted octanol–water partition coefficient (Wildman–Crippen LogP) is 5.57. The summed E-state index contributed by atoms with van der Waals surface area (Å²) in [5.74, 6) is -0.427. The Morgan fingerprint density at radius 3 is 2.66 bits per heavy atom. The molecular formula is C25H20BrFN2O3. The molecule has 32 heavy (non-hydrogen) atoms. The minimum Gasteiger partial charge on any atom is -0.488 e. The Labute approximate surface area is 193 Å². The van der Waals surface area contributed by atoms with Crippen LogP contribution in [0.25, 0.3) is 6.08 Å². The zero-order valence-electron chi connectivity index (χ0n) is 17.3. The molecule has 1 aliphatic heterocycles. The highest BCUT2D eigenvalue weighted by Crippen LogP contribution is 2.28. The smallest absolute Gasteiger partial charge is 0.329 e. The van der Waals surface area contributed by atoms with Crippen LogP contribution in [0.5, 0.6) is 5.75 Å². The number of nitrogens with zero attached hydrogens (tertiary/aromatic N) is 1. The van der Waals surface area contributed by atoms with Crippen LogP contribution in [0.4, 0.5) is 9.18 Å². The Hall–Kier alpha value is -3.45. The van der Waals surface area contributed by atoms with Crippen molar-refractivity contribution in [2.24, 2.45) is 0 Å². The van der Waals surface area contributed by atoms with Crippen LogP contribution in [0.1, 0.15) is 22.3 Å². The van der Waals surface area contributed by atoms with Crippen LogP contribution in [-0.4, -0.2) is 16.8 Å². The van der Waals surface area contributed by atoms with Gasteiger partial charge in [-0.25, -0.2) is 9.18 Å². The van der Waals surface area contributed by atoms with Gasteiger partial charge in [0.15, 0.2) is 0 Å². The van der Waals surface area contributed by atoms with E-state index in [1.165, 1.54) is 6.07 Å². The van der Waals surface area contributed by atoms with E-state index in [1.54, 1.807) is 36.4 Å². The Balaban J connectivity index is 1.56. The molecule has 162 valence electrons. The summed E-state index contributed by atoms with van der Waals surface area (Å²) in [5, 5.41) is 2.58. The molecule has 4 rings (SSSR count). The number of nitrogens with one attached hydrogen (secondary N) is 1. The van der Waals surface area contributed by atoms with Gasteiger partial charge in [0.1, 0.15) is 23.9 Å². The average Bonchev–Trinajstić information content (AvgIpc) is 3.02. The maximum absolute atomic E-state index is 14.0. The first kappa shape index (κ1) is 21.8. The third-order valence-electron chi connectivity index (χ3n) is 5.00. The molecular weight excluding hydrogens is 475 g/mol. The van der Waals surface area contributed by atoms with Gasteiger partial charge in [0.25, 0.3) is 5.91 Å². The fraction of sp³-hybridized carbons (Fsp3) is 0.120. The fourth-order valence-electron chi connectivity index (χ4n) is 3.39. The summed E-state index contributed by atoms with van der Waals surface area (Å²) in [7, 11) is 0. The van der Waals surface area contributed by atoms with Crippen molar-refractivity contribution < 1.29 is 18.7 Å². The number of amides is 3. The first-order chi connectivity index (χ1) is 15.4. The number of benzene rings is 3. The third kappa shape index (κ3) is 4.89. The van der Waals surface area contributed by atoms with Gasteiger partial charge in [-0.3, -0.25) is 9.69 Å². The van der Waals surface area contributed by atoms with Crippen LogP contribution in [0.2, 0.25) is 0 Å². The first-order valence-electron chi connectivity index (χ1n) is 9.96. The molecule has 5 nitrogen and oxygen atoms in total. The molecule has 1 heterocycles. The minimum absolute atomic E-state index is 0.102. The molecule has 1 fully saturated rings. The third-order valence-corrected chi connectivity index (χ3v) is 5.49. The highest BCUT2D eigenvalue weighted by molar-refractivity contribution is 9.10. The number of ether oxygens (including phenoxy) is 1. The summed E-state index contributed by atoms with van der Waals surface area (Å²) in [6.07, 6.45) is 1.57. The molecule has 0 saturated carbocycles. The Morgan fingerprint density at radius 1 is 1.06 bits per heavy atom. The maximum Gasteiger partial charge on any atom is 0.329 e.